The van der Waals surface area contributed by atoms with Crippen LogP contribution in [0.4, 0.5) is 0 Å². The summed E-state index contributed by atoms with van der Waals surface area (Å²) in [5.41, 5.74) is 3.85. The monoisotopic (exact) mass is 160 g/mol. The highest BCUT2D eigenvalue weighted by Gasteiger charge is 2.43. The molecule has 0 aromatic heterocycles. The van der Waals surface area contributed by atoms with E-state index in [1.54, 1.807) is 0 Å². The maximum atomic E-state index is 11.5. The average molecular weight is 160 g/mol. The van der Waals surface area contributed by atoms with E-state index in [-0.39, 0.29) is 0 Å². The highest BCUT2D eigenvalue weighted by molar-refractivity contribution is 6.04. The van der Waals surface area contributed by atoms with Crippen molar-refractivity contribution in [3.8, 4) is 0 Å². The molecule has 0 aliphatic heterocycles. The summed E-state index contributed by atoms with van der Waals surface area (Å²) in [7, 11) is 0. The van der Waals surface area contributed by atoms with Crippen molar-refractivity contribution in [3.05, 3.63) is 22.8 Å². The highest BCUT2D eigenvalue weighted by Crippen LogP contribution is 2.53. The fourth-order valence-corrected chi connectivity index (χ4v) is 2.66. The zero-order valence-electron chi connectivity index (χ0n) is 7.26. The molecule has 2 unspecified atom stereocenters. The van der Waals surface area contributed by atoms with E-state index in [0.29, 0.717) is 5.78 Å². The molecule has 0 heterocycles. The van der Waals surface area contributed by atoms with Gasteiger partial charge in [0.2, 0.25) is 0 Å². The highest BCUT2D eigenvalue weighted by atomic mass is 16.1. The Morgan fingerprint density at radius 3 is 3.08 bits per heavy atom. The van der Waals surface area contributed by atoms with Crippen LogP contribution < -0.4 is 0 Å². The van der Waals surface area contributed by atoms with Crippen LogP contribution in [-0.4, -0.2) is 5.78 Å². The van der Waals surface area contributed by atoms with Crippen molar-refractivity contribution in [2.24, 2.45) is 11.8 Å². The number of carbonyl (C=O) groups is 1. The maximum absolute atomic E-state index is 11.5. The minimum Gasteiger partial charge on any atom is -0.294 e. The lowest BCUT2D eigenvalue weighted by Crippen LogP contribution is -2.02. The zero-order valence-corrected chi connectivity index (χ0v) is 7.26. The van der Waals surface area contributed by atoms with Gasteiger partial charge in [-0.05, 0) is 37.2 Å². The first kappa shape index (κ1) is 6.64. The number of allylic oxidation sites excluding steroid dienone is 4. The zero-order chi connectivity index (χ0) is 8.29. The predicted octanol–water partition coefficient (Wildman–Crippen LogP) is 2.24. The van der Waals surface area contributed by atoms with Crippen molar-refractivity contribution < 1.29 is 4.79 Å². The van der Waals surface area contributed by atoms with Crippen LogP contribution in [0.2, 0.25) is 0 Å². The molecule has 0 aromatic rings. The van der Waals surface area contributed by atoms with Gasteiger partial charge in [-0.3, -0.25) is 4.79 Å². The van der Waals surface area contributed by atoms with Gasteiger partial charge in [-0.15, -0.1) is 0 Å². The van der Waals surface area contributed by atoms with E-state index in [1.165, 1.54) is 17.6 Å². The quantitative estimate of drug-likeness (QED) is 0.531. The normalized spacial score (nSPS) is 37.8. The van der Waals surface area contributed by atoms with Gasteiger partial charge in [-0.2, -0.15) is 0 Å². The molecule has 0 N–H and O–H groups in total. The van der Waals surface area contributed by atoms with Gasteiger partial charge in [0.05, 0.1) is 0 Å². The molecule has 0 saturated heterocycles. The molecule has 2 saturated carbocycles. The fourth-order valence-electron chi connectivity index (χ4n) is 2.66. The van der Waals surface area contributed by atoms with E-state index in [9.17, 15) is 4.79 Å². The number of rotatable bonds is 0. The maximum Gasteiger partial charge on any atom is 0.163 e. The summed E-state index contributed by atoms with van der Waals surface area (Å²) < 4.78 is 0. The molecule has 1 heteroatoms. The van der Waals surface area contributed by atoms with Crippen molar-refractivity contribution in [2.45, 2.75) is 26.2 Å². The minimum absolute atomic E-state index is 0.393. The lowest BCUT2D eigenvalue weighted by Gasteiger charge is -2.10. The molecule has 12 heavy (non-hydrogen) atoms. The molecular formula is C11H12O. The van der Waals surface area contributed by atoms with Crippen LogP contribution in [-0.2, 0) is 4.79 Å². The molecule has 2 atom stereocenters. The van der Waals surface area contributed by atoms with Gasteiger partial charge in [-0.1, -0.05) is 11.6 Å². The summed E-state index contributed by atoms with van der Waals surface area (Å²) >= 11 is 0. The lowest BCUT2D eigenvalue weighted by molar-refractivity contribution is -0.114. The summed E-state index contributed by atoms with van der Waals surface area (Å²) in [5, 5.41) is 0. The van der Waals surface area contributed by atoms with E-state index >= 15 is 0 Å². The van der Waals surface area contributed by atoms with E-state index < -0.39 is 0 Å². The SMILES string of the molecule is CC1=C2C(=O)CCC2=CC2CC12. The van der Waals surface area contributed by atoms with Crippen LogP contribution in [0.5, 0.6) is 0 Å². The Kier molecular flexibility index (Phi) is 1.05. The smallest absolute Gasteiger partial charge is 0.163 e. The predicted molar refractivity (Wildman–Crippen MR) is 46.6 cm³/mol. The van der Waals surface area contributed by atoms with Gasteiger partial charge in [0.15, 0.2) is 5.78 Å². The van der Waals surface area contributed by atoms with Crippen LogP contribution in [0, 0.1) is 11.8 Å². The molecule has 2 fully saturated rings. The number of ketones is 1. The lowest BCUT2D eigenvalue weighted by atomic mass is 9.94. The summed E-state index contributed by atoms with van der Waals surface area (Å²) in [4.78, 5) is 11.5. The third-order valence-electron chi connectivity index (χ3n) is 3.43. The first-order chi connectivity index (χ1) is 5.77. The topological polar surface area (TPSA) is 17.1 Å². The van der Waals surface area contributed by atoms with E-state index in [1.807, 2.05) is 0 Å². The second-order valence-electron chi connectivity index (χ2n) is 4.18. The summed E-state index contributed by atoms with van der Waals surface area (Å²) in [5.74, 6) is 1.93. The number of hydrogen-bond donors (Lipinski definition) is 0. The Morgan fingerprint density at radius 2 is 2.25 bits per heavy atom. The third-order valence-corrected chi connectivity index (χ3v) is 3.43. The molecule has 3 aliphatic rings. The minimum atomic E-state index is 0.393. The first-order valence-corrected chi connectivity index (χ1v) is 4.72. The van der Waals surface area contributed by atoms with Crippen LogP contribution in [0.25, 0.3) is 0 Å². The second kappa shape index (κ2) is 1.90. The number of carbonyl (C=O) groups excluding carboxylic acids is 1. The summed E-state index contributed by atoms with van der Waals surface area (Å²) in [6.07, 6.45) is 5.41. The Balaban J connectivity index is 2.18. The van der Waals surface area contributed by atoms with Crippen LogP contribution >= 0.6 is 0 Å². The Bertz CT molecular complexity index is 333. The van der Waals surface area contributed by atoms with Gasteiger partial charge >= 0.3 is 0 Å². The van der Waals surface area contributed by atoms with Crippen molar-refractivity contribution >= 4 is 5.78 Å². The van der Waals surface area contributed by atoms with Crippen LogP contribution in [0.15, 0.2) is 22.8 Å². The fraction of sp³-hybridized carbons (Fsp3) is 0.545. The third kappa shape index (κ3) is 0.669. The summed E-state index contributed by atoms with van der Waals surface area (Å²) in [6, 6.07) is 0. The van der Waals surface area contributed by atoms with E-state index in [2.05, 4.69) is 13.0 Å². The number of Topliss-reactive ketones (excluding diaryl/α,β-unsaturated/α-hetero) is 1. The standard InChI is InChI=1S/C11H12O/c1-6-9-5-8(9)4-7-2-3-10(12)11(6)7/h4,8-9H,2-3,5H2,1H3. The Morgan fingerprint density at radius 1 is 1.42 bits per heavy atom. The van der Waals surface area contributed by atoms with Gasteiger partial charge < -0.3 is 0 Å². The van der Waals surface area contributed by atoms with E-state index in [0.717, 1.165) is 30.3 Å². The van der Waals surface area contributed by atoms with Crippen LogP contribution in [0.3, 0.4) is 0 Å². The molecule has 1 nitrogen and oxygen atoms in total. The largest absolute Gasteiger partial charge is 0.294 e. The molecule has 3 aliphatic carbocycles. The Hall–Kier alpha value is -0.850. The van der Waals surface area contributed by atoms with Crippen molar-refractivity contribution in [1.29, 1.82) is 0 Å². The van der Waals surface area contributed by atoms with Gasteiger partial charge in [0, 0.05) is 12.0 Å². The van der Waals surface area contributed by atoms with E-state index in [4.69, 9.17) is 0 Å². The molecule has 0 radical (unpaired) electrons. The second-order valence-corrected chi connectivity index (χ2v) is 4.18. The van der Waals surface area contributed by atoms with Gasteiger partial charge in [0.1, 0.15) is 0 Å². The van der Waals surface area contributed by atoms with Crippen LogP contribution in [0.1, 0.15) is 26.2 Å². The molecule has 3 rings (SSSR count). The molecule has 0 spiro atoms. The molecule has 0 bridgehead atoms. The van der Waals surface area contributed by atoms with Gasteiger partial charge in [0.25, 0.3) is 0 Å². The Labute approximate surface area is 72.2 Å². The molecule has 0 aromatic carbocycles. The van der Waals surface area contributed by atoms with Crippen molar-refractivity contribution in [2.75, 3.05) is 0 Å². The molecule has 62 valence electrons. The van der Waals surface area contributed by atoms with Gasteiger partial charge in [-0.25, -0.2) is 0 Å². The molecule has 0 amide bonds. The first-order valence-electron chi connectivity index (χ1n) is 4.72. The van der Waals surface area contributed by atoms with Crippen molar-refractivity contribution in [1.82, 2.24) is 0 Å². The number of hydrogen-bond acceptors (Lipinski definition) is 1. The summed E-state index contributed by atoms with van der Waals surface area (Å²) in [6.45, 7) is 2.15. The number of fused-ring (bicyclic) bond motifs is 2. The average Bonchev–Trinajstić information content (AvgIpc) is 2.71. The van der Waals surface area contributed by atoms with Crippen molar-refractivity contribution in [3.63, 3.8) is 0 Å². The molecular weight excluding hydrogens is 148 g/mol.